The Labute approximate surface area is 274 Å². The van der Waals surface area contributed by atoms with E-state index in [0.29, 0.717) is 31.4 Å². The van der Waals surface area contributed by atoms with Gasteiger partial charge in [-0.1, -0.05) is 79.8 Å². The molecule has 46 heavy (non-hydrogen) atoms. The number of nitrogens with zero attached hydrogens (tertiary/aromatic N) is 1. The maximum atomic E-state index is 12.6. The van der Waals surface area contributed by atoms with Crippen LogP contribution >= 0.6 is 0 Å². The number of rotatable bonds is 25. The summed E-state index contributed by atoms with van der Waals surface area (Å²) in [5.41, 5.74) is 0.460. The average molecular weight is 636 g/mol. The summed E-state index contributed by atoms with van der Waals surface area (Å²) >= 11 is 0. The fourth-order valence-corrected chi connectivity index (χ4v) is 4.02. The number of hydrogen-bond acceptors (Lipinski definition) is 7. The van der Waals surface area contributed by atoms with E-state index in [4.69, 9.17) is 4.74 Å². The Balaban J connectivity index is 2.32. The maximum absolute atomic E-state index is 12.6. The highest BCUT2D eigenvalue weighted by atomic mass is 16.6. The largest absolute Gasteiger partial charge is 0.456 e. The molecule has 0 bridgehead atoms. The van der Waals surface area contributed by atoms with E-state index < -0.39 is 31.3 Å². The number of aliphatic hydroxyl groups is 2. The predicted octanol–water partition coefficient (Wildman–Crippen LogP) is 5.84. The van der Waals surface area contributed by atoms with Gasteiger partial charge in [0.1, 0.15) is 12.1 Å². The van der Waals surface area contributed by atoms with E-state index in [-0.39, 0.29) is 24.7 Å². The van der Waals surface area contributed by atoms with Crippen LogP contribution in [0.25, 0.3) is 0 Å². The summed E-state index contributed by atoms with van der Waals surface area (Å²) in [6.07, 6.45) is 35.2. The summed E-state index contributed by atoms with van der Waals surface area (Å²) in [7, 11) is 0. The fourth-order valence-electron chi connectivity index (χ4n) is 4.02. The van der Waals surface area contributed by atoms with Gasteiger partial charge in [-0.15, -0.1) is 0 Å². The Morgan fingerprint density at radius 1 is 0.826 bits per heavy atom. The first-order chi connectivity index (χ1) is 22.5. The molecule has 1 unspecified atom stereocenters. The number of hydrogen-bond donors (Lipinski definition) is 4. The molecule has 0 aliphatic heterocycles. The minimum absolute atomic E-state index is 0.205. The number of aromatic nitrogens is 1. The predicted molar refractivity (Wildman–Crippen MR) is 184 cm³/mol. The standard InChI is InChI=1S/C37H53N3O6/c1-2-3-4-5-6-7-8-9-10-11-12-13-14-15-16-17-18-19-20-26-35(43)40-34(37(45)46-33(30-41)31-42)25-21-22-28-39-36(44)32-24-23-27-38-29-32/h3-4,6-7,9-10,12-13,15-16,18-19,23-24,27,29,33-34,41-42H,2,5,8,11,14,17,20-22,25-26,28,30-31H2,1H3,(H,39,44)(H,40,43). The summed E-state index contributed by atoms with van der Waals surface area (Å²) in [5, 5.41) is 24.0. The Hall–Kier alpha value is -4.08. The zero-order chi connectivity index (χ0) is 33.5. The van der Waals surface area contributed by atoms with Crippen LogP contribution in [0.2, 0.25) is 0 Å². The number of carbonyl (C=O) groups excluding carboxylic acids is 3. The second kappa shape index (κ2) is 28.4. The molecule has 1 heterocycles. The quantitative estimate of drug-likeness (QED) is 0.0602. The zero-order valence-electron chi connectivity index (χ0n) is 27.3. The van der Waals surface area contributed by atoms with Crippen molar-refractivity contribution >= 4 is 17.8 Å². The Kier molecular flexibility index (Phi) is 24.7. The van der Waals surface area contributed by atoms with E-state index in [1.54, 1.807) is 18.3 Å². The van der Waals surface area contributed by atoms with Crippen molar-refractivity contribution in [2.24, 2.45) is 0 Å². The summed E-state index contributed by atoms with van der Waals surface area (Å²) < 4.78 is 5.15. The lowest BCUT2D eigenvalue weighted by molar-refractivity contribution is -0.157. The lowest BCUT2D eigenvalue weighted by Crippen LogP contribution is -2.44. The first-order valence-electron chi connectivity index (χ1n) is 16.3. The highest BCUT2D eigenvalue weighted by Crippen LogP contribution is 2.07. The van der Waals surface area contributed by atoms with Crippen LogP contribution in [-0.4, -0.2) is 64.9 Å². The van der Waals surface area contributed by atoms with Crippen LogP contribution < -0.4 is 10.6 Å². The van der Waals surface area contributed by atoms with Crippen LogP contribution in [0.4, 0.5) is 0 Å². The number of amides is 2. The van der Waals surface area contributed by atoms with Gasteiger partial charge in [0, 0.05) is 25.4 Å². The monoisotopic (exact) mass is 635 g/mol. The zero-order valence-corrected chi connectivity index (χ0v) is 27.3. The van der Waals surface area contributed by atoms with Crippen LogP contribution in [0, 0.1) is 0 Å². The number of allylic oxidation sites excluding steroid dienone is 12. The molecule has 0 saturated carbocycles. The second-order valence-electron chi connectivity index (χ2n) is 10.5. The van der Waals surface area contributed by atoms with Gasteiger partial charge < -0.3 is 25.6 Å². The molecule has 4 N–H and O–H groups in total. The summed E-state index contributed by atoms with van der Waals surface area (Å²) in [4.78, 5) is 41.3. The summed E-state index contributed by atoms with van der Waals surface area (Å²) in [6, 6.07) is 2.43. The van der Waals surface area contributed by atoms with E-state index in [1.807, 2.05) is 12.2 Å². The van der Waals surface area contributed by atoms with E-state index in [1.165, 1.54) is 6.20 Å². The Bertz CT molecular complexity index is 1140. The van der Waals surface area contributed by atoms with Gasteiger partial charge in [-0.05, 0) is 76.3 Å². The Morgan fingerprint density at radius 3 is 1.91 bits per heavy atom. The average Bonchev–Trinajstić information content (AvgIpc) is 3.07. The van der Waals surface area contributed by atoms with E-state index in [2.05, 4.69) is 83.3 Å². The molecule has 0 aliphatic rings. The normalized spacial score (nSPS) is 12.9. The Morgan fingerprint density at radius 2 is 1.39 bits per heavy atom. The molecule has 9 heteroatoms. The minimum Gasteiger partial charge on any atom is -0.456 e. The van der Waals surface area contributed by atoms with Gasteiger partial charge in [0.2, 0.25) is 5.91 Å². The number of ether oxygens (including phenoxy) is 1. The van der Waals surface area contributed by atoms with Gasteiger partial charge in [0.05, 0.1) is 18.8 Å². The molecule has 1 atom stereocenters. The number of nitrogens with one attached hydrogen (secondary N) is 2. The van der Waals surface area contributed by atoms with Crippen molar-refractivity contribution in [3.8, 4) is 0 Å². The van der Waals surface area contributed by atoms with Gasteiger partial charge in [-0.2, -0.15) is 0 Å². The SMILES string of the molecule is CCC=CCC=CCC=CCC=CCC=CCC=CCCC(=O)NC(CCCCNC(=O)c1cccnc1)C(=O)OC(CO)CO. The third-order valence-corrected chi connectivity index (χ3v) is 6.57. The van der Waals surface area contributed by atoms with Crippen molar-refractivity contribution in [1.29, 1.82) is 0 Å². The van der Waals surface area contributed by atoms with Crippen molar-refractivity contribution < 1.29 is 29.3 Å². The maximum Gasteiger partial charge on any atom is 0.329 e. The first kappa shape index (κ1) is 39.9. The number of esters is 1. The molecule has 0 radical (unpaired) electrons. The molecule has 0 aliphatic carbocycles. The molecule has 0 saturated heterocycles. The van der Waals surface area contributed by atoms with Gasteiger partial charge >= 0.3 is 5.97 Å². The lowest BCUT2D eigenvalue weighted by Gasteiger charge is -2.20. The number of aliphatic hydroxyl groups excluding tert-OH is 2. The van der Waals surface area contributed by atoms with Crippen molar-refractivity contribution in [3.05, 3.63) is 103 Å². The summed E-state index contributed by atoms with van der Waals surface area (Å²) in [6.45, 7) is 1.48. The molecule has 1 aromatic rings. The van der Waals surface area contributed by atoms with Crippen molar-refractivity contribution in [1.82, 2.24) is 15.6 Å². The molecule has 0 fully saturated rings. The van der Waals surface area contributed by atoms with Crippen LogP contribution in [0.1, 0.15) is 87.9 Å². The molecule has 252 valence electrons. The van der Waals surface area contributed by atoms with Gasteiger partial charge in [-0.3, -0.25) is 14.6 Å². The van der Waals surface area contributed by atoms with Crippen LogP contribution in [0.5, 0.6) is 0 Å². The van der Waals surface area contributed by atoms with Crippen molar-refractivity contribution in [3.63, 3.8) is 0 Å². The molecular weight excluding hydrogens is 582 g/mol. The van der Waals surface area contributed by atoms with Crippen LogP contribution in [0.3, 0.4) is 0 Å². The van der Waals surface area contributed by atoms with Crippen LogP contribution in [0.15, 0.2) is 97.4 Å². The van der Waals surface area contributed by atoms with Gasteiger partial charge in [0.15, 0.2) is 0 Å². The third-order valence-electron chi connectivity index (χ3n) is 6.57. The number of carbonyl (C=O) groups is 3. The molecule has 2 amide bonds. The van der Waals surface area contributed by atoms with Crippen LogP contribution in [-0.2, 0) is 14.3 Å². The topological polar surface area (TPSA) is 138 Å². The highest BCUT2D eigenvalue weighted by molar-refractivity contribution is 5.93. The minimum atomic E-state index is -1.05. The van der Waals surface area contributed by atoms with Gasteiger partial charge in [-0.25, -0.2) is 4.79 Å². The number of pyridine rings is 1. The smallest absolute Gasteiger partial charge is 0.329 e. The first-order valence-corrected chi connectivity index (χ1v) is 16.3. The van der Waals surface area contributed by atoms with Crippen molar-refractivity contribution in [2.45, 2.75) is 89.7 Å². The van der Waals surface area contributed by atoms with E-state index in [9.17, 15) is 24.6 Å². The lowest BCUT2D eigenvalue weighted by atomic mass is 10.1. The van der Waals surface area contributed by atoms with E-state index in [0.717, 1.165) is 38.5 Å². The van der Waals surface area contributed by atoms with E-state index >= 15 is 0 Å². The fraction of sp³-hybridized carbons (Fsp3) is 0.459. The highest BCUT2D eigenvalue weighted by Gasteiger charge is 2.24. The molecule has 0 spiro atoms. The molecule has 9 nitrogen and oxygen atoms in total. The molecule has 0 aromatic carbocycles. The number of unbranched alkanes of at least 4 members (excludes halogenated alkanes) is 1. The molecular formula is C37H53N3O6. The second-order valence-corrected chi connectivity index (χ2v) is 10.5. The van der Waals surface area contributed by atoms with Crippen molar-refractivity contribution in [2.75, 3.05) is 19.8 Å². The molecule has 1 aromatic heterocycles. The molecule has 1 rings (SSSR count). The summed E-state index contributed by atoms with van der Waals surface area (Å²) in [5.74, 6) is -1.24. The van der Waals surface area contributed by atoms with Gasteiger partial charge in [0.25, 0.3) is 5.91 Å². The third kappa shape index (κ3) is 21.6.